The van der Waals surface area contributed by atoms with Gasteiger partial charge < -0.3 is 15.3 Å². The highest BCUT2D eigenvalue weighted by atomic mass is 35.5. The van der Waals surface area contributed by atoms with Crippen molar-refractivity contribution >= 4 is 22.7 Å². The Morgan fingerprint density at radius 2 is 2.33 bits per heavy atom. The first-order chi connectivity index (χ1) is 7.11. The van der Waals surface area contributed by atoms with E-state index in [0.717, 1.165) is 5.56 Å². The molecule has 0 aliphatic carbocycles. The van der Waals surface area contributed by atoms with Gasteiger partial charge in [0.2, 0.25) is 0 Å². The van der Waals surface area contributed by atoms with Gasteiger partial charge in [0.05, 0.1) is 17.7 Å². The standard InChI is InChI=1S/C10H11ClN2O2/c1-5-13-10-7(11)2-6(8(12)4-14)3-9(10)15-5/h2-3,8,14H,4,12H2,1H3/t8-/m1/s1. The monoisotopic (exact) mass is 226 g/mol. The minimum atomic E-state index is -0.447. The molecule has 5 heteroatoms. The first kappa shape index (κ1) is 10.4. The smallest absolute Gasteiger partial charge is 0.192 e. The van der Waals surface area contributed by atoms with Gasteiger partial charge in [0.25, 0.3) is 0 Å². The fraction of sp³-hybridized carbons (Fsp3) is 0.300. The largest absolute Gasteiger partial charge is 0.441 e. The highest BCUT2D eigenvalue weighted by Crippen LogP contribution is 2.27. The van der Waals surface area contributed by atoms with Crippen molar-refractivity contribution in [2.75, 3.05) is 6.61 Å². The van der Waals surface area contributed by atoms with Crippen LogP contribution in [0.1, 0.15) is 17.5 Å². The SMILES string of the molecule is Cc1nc2c(Cl)cc([C@H](N)CO)cc2o1. The number of hydrogen-bond donors (Lipinski definition) is 2. The van der Waals surface area contributed by atoms with Crippen molar-refractivity contribution in [3.05, 3.63) is 28.6 Å². The summed E-state index contributed by atoms with van der Waals surface area (Å²) in [6.45, 7) is 1.62. The Morgan fingerprint density at radius 1 is 1.60 bits per heavy atom. The second-order valence-corrected chi connectivity index (χ2v) is 3.78. The number of oxazole rings is 1. The normalized spacial score (nSPS) is 13.3. The van der Waals surface area contributed by atoms with Gasteiger partial charge in [0, 0.05) is 6.92 Å². The highest BCUT2D eigenvalue weighted by Gasteiger charge is 2.12. The van der Waals surface area contributed by atoms with Gasteiger partial charge in [0.1, 0.15) is 5.52 Å². The molecule has 15 heavy (non-hydrogen) atoms. The minimum absolute atomic E-state index is 0.130. The Hall–Kier alpha value is -1.10. The second kappa shape index (κ2) is 3.81. The molecule has 0 amide bonds. The van der Waals surface area contributed by atoms with Crippen molar-refractivity contribution in [3.8, 4) is 0 Å². The summed E-state index contributed by atoms with van der Waals surface area (Å²) < 4.78 is 5.35. The van der Waals surface area contributed by atoms with E-state index in [1.807, 2.05) is 0 Å². The van der Waals surface area contributed by atoms with E-state index in [9.17, 15) is 0 Å². The zero-order valence-electron chi connectivity index (χ0n) is 8.20. The Bertz CT molecular complexity index is 495. The summed E-state index contributed by atoms with van der Waals surface area (Å²) in [7, 11) is 0. The summed E-state index contributed by atoms with van der Waals surface area (Å²) >= 11 is 6.02. The van der Waals surface area contributed by atoms with E-state index >= 15 is 0 Å². The van der Waals surface area contributed by atoms with Crippen LogP contribution in [0.5, 0.6) is 0 Å². The van der Waals surface area contributed by atoms with Crippen LogP contribution in [0.4, 0.5) is 0 Å². The summed E-state index contributed by atoms with van der Waals surface area (Å²) in [5, 5.41) is 9.43. The van der Waals surface area contributed by atoms with Gasteiger partial charge in [-0.05, 0) is 17.7 Å². The topological polar surface area (TPSA) is 72.3 Å². The predicted molar refractivity (Wildman–Crippen MR) is 57.8 cm³/mol. The molecule has 2 rings (SSSR count). The Labute approximate surface area is 91.7 Å². The third-order valence-corrected chi connectivity index (χ3v) is 2.49. The molecule has 2 aromatic rings. The van der Waals surface area contributed by atoms with E-state index in [1.54, 1.807) is 19.1 Å². The van der Waals surface area contributed by atoms with Crippen LogP contribution >= 0.6 is 11.6 Å². The molecule has 0 spiro atoms. The molecule has 0 aliphatic rings. The predicted octanol–water partition coefficient (Wildman–Crippen LogP) is 1.78. The molecule has 0 saturated carbocycles. The molecule has 1 heterocycles. The number of aliphatic hydroxyl groups is 1. The fourth-order valence-corrected chi connectivity index (χ4v) is 1.70. The van der Waals surface area contributed by atoms with E-state index in [4.69, 9.17) is 26.9 Å². The Kier molecular flexibility index (Phi) is 2.65. The molecule has 0 saturated heterocycles. The summed E-state index contributed by atoms with van der Waals surface area (Å²) in [6, 6.07) is 3.01. The van der Waals surface area contributed by atoms with Gasteiger partial charge in [-0.25, -0.2) is 4.98 Å². The fourth-order valence-electron chi connectivity index (χ4n) is 1.44. The van der Waals surface area contributed by atoms with Gasteiger partial charge in [-0.1, -0.05) is 11.6 Å². The molecule has 0 radical (unpaired) electrons. The van der Waals surface area contributed by atoms with E-state index in [1.165, 1.54) is 0 Å². The number of nitrogens with zero attached hydrogens (tertiary/aromatic N) is 1. The third kappa shape index (κ3) is 1.84. The van der Waals surface area contributed by atoms with Crippen LogP contribution in [0, 0.1) is 6.92 Å². The lowest BCUT2D eigenvalue weighted by Gasteiger charge is -2.08. The Morgan fingerprint density at radius 3 is 3.00 bits per heavy atom. The van der Waals surface area contributed by atoms with Crippen LogP contribution in [0.15, 0.2) is 16.5 Å². The van der Waals surface area contributed by atoms with Crippen molar-refractivity contribution in [3.63, 3.8) is 0 Å². The summed E-state index contributed by atoms with van der Waals surface area (Å²) in [5.74, 6) is 0.557. The van der Waals surface area contributed by atoms with E-state index in [0.29, 0.717) is 22.0 Å². The lowest BCUT2D eigenvalue weighted by Crippen LogP contribution is -2.14. The number of fused-ring (bicyclic) bond motifs is 1. The average molecular weight is 227 g/mol. The molecule has 1 atom stereocenters. The number of aryl methyl sites for hydroxylation is 1. The number of halogens is 1. The molecule has 4 nitrogen and oxygen atoms in total. The van der Waals surface area contributed by atoms with Crippen LogP contribution in [0.25, 0.3) is 11.1 Å². The highest BCUT2D eigenvalue weighted by molar-refractivity contribution is 6.34. The maximum Gasteiger partial charge on any atom is 0.192 e. The van der Waals surface area contributed by atoms with Crippen LogP contribution in [-0.2, 0) is 0 Å². The second-order valence-electron chi connectivity index (χ2n) is 3.37. The maximum absolute atomic E-state index is 8.94. The van der Waals surface area contributed by atoms with Gasteiger partial charge in [-0.2, -0.15) is 0 Å². The first-order valence-corrected chi connectivity index (χ1v) is 4.92. The lowest BCUT2D eigenvalue weighted by molar-refractivity contribution is 0.268. The molecule has 1 aromatic heterocycles. The molecular formula is C10H11ClN2O2. The quantitative estimate of drug-likeness (QED) is 0.819. The molecule has 0 unspecified atom stereocenters. The number of aromatic nitrogens is 1. The molecule has 0 aliphatic heterocycles. The molecular weight excluding hydrogens is 216 g/mol. The third-order valence-electron chi connectivity index (χ3n) is 2.20. The zero-order chi connectivity index (χ0) is 11.0. The summed E-state index contributed by atoms with van der Waals surface area (Å²) in [5.41, 5.74) is 7.66. The van der Waals surface area contributed by atoms with E-state index in [-0.39, 0.29) is 6.61 Å². The zero-order valence-corrected chi connectivity index (χ0v) is 8.95. The molecule has 80 valence electrons. The number of rotatable bonds is 2. The first-order valence-electron chi connectivity index (χ1n) is 4.55. The maximum atomic E-state index is 8.94. The summed E-state index contributed by atoms with van der Waals surface area (Å²) in [4.78, 5) is 4.14. The Balaban J connectivity index is 2.61. The van der Waals surface area contributed by atoms with Gasteiger partial charge >= 0.3 is 0 Å². The van der Waals surface area contributed by atoms with Gasteiger partial charge in [-0.15, -0.1) is 0 Å². The van der Waals surface area contributed by atoms with Crippen LogP contribution in [0.2, 0.25) is 5.02 Å². The minimum Gasteiger partial charge on any atom is -0.441 e. The molecule has 1 aromatic carbocycles. The van der Waals surface area contributed by atoms with Crippen molar-refractivity contribution in [2.24, 2.45) is 5.73 Å². The van der Waals surface area contributed by atoms with Crippen LogP contribution < -0.4 is 5.73 Å². The lowest BCUT2D eigenvalue weighted by atomic mass is 10.1. The number of hydrogen-bond acceptors (Lipinski definition) is 4. The number of nitrogens with two attached hydrogens (primary N) is 1. The van der Waals surface area contributed by atoms with Crippen molar-refractivity contribution < 1.29 is 9.52 Å². The molecule has 0 fully saturated rings. The van der Waals surface area contributed by atoms with Crippen LogP contribution in [-0.4, -0.2) is 16.7 Å². The van der Waals surface area contributed by atoms with E-state index < -0.39 is 6.04 Å². The summed E-state index contributed by atoms with van der Waals surface area (Å²) in [6.07, 6.45) is 0. The van der Waals surface area contributed by atoms with E-state index in [2.05, 4.69) is 4.98 Å². The van der Waals surface area contributed by atoms with Gasteiger partial charge in [-0.3, -0.25) is 0 Å². The van der Waals surface area contributed by atoms with Crippen molar-refractivity contribution in [2.45, 2.75) is 13.0 Å². The average Bonchev–Trinajstić information content (AvgIpc) is 2.58. The van der Waals surface area contributed by atoms with Crippen molar-refractivity contribution in [1.29, 1.82) is 0 Å². The molecule has 3 N–H and O–H groups in total. The van der Waals surface area contributed by atoms with Crippen molar-refractivity contribution in [1.82, 2.24) is 4.98 Å². The number of benzene rings is 1. The van der Waals surface area contributed by atoms with Gasteiger partial charge in [0.15, 0.2) is 11.5 Å². The molecule has 0 bridgehead atoms. The van der Waals surface area contributed by atoms with Crippen LogP contribution in [0.3, 0.4) is 0 Å². The number of aliphatic hydroxyl groups excluding tert-OH is 1.